The molecule has 1 aromatic carbocycles. The molecule has 0 aliphatic carbocycles. The maximum absolute atomic E-state index is 12.7. The van der Waals surface area contributed by atoms with Crippen molar-refractivity contribution in [2.75, 3.05) is 7.05 Å². The molecule has 0 aliphatic rings. The second-order valence-electron chi connectivity index (χ2n) is 4.93. The number of aryl methyl sites for hydroxylation is 1. The highest BCUT2D eigenvalue weighted by molar-refractivity contribution is 7.89. The van der Waals surface area contributed by atoms with Crippen molar-refractivity contribution in [2.24, 2.45) is 5.73 Å². The number of nitrogens with two attached hydrogens (primary N) is 1. The molecule has 1 aromatic heterocycles. The smallest absolute Gasteiger partial charge is 0.243 e. The summed E-state index contributed by atoms with van der Waals surface area (Å²) in [6, 6.07) is 8.91. The molecule has 5 nitrogen and oxygen atoms in total. The lowest BCUT2D eigenvalue weighted by molar-refractivity contribution is 0.465. The molecule has 0 unspecified atom stereocenters. The van der Waals surface area contributed by atoms with Crippen molar-refractivity contribution in [1.82, 2.24) is 9.29 Å². The van der Waals surface area contributed by atoms with Gasteiger partial charge in [0.2, 0.25) is 10.0 Å². The summed E-state index contributed by atoms with van der Waals surface area (Å²) in [5.74, 6) is 0. The SMILES string of the molecule is Cc1ccc(CN)cc1S(=O)(=O)N(C)Cc1cccnc1. The van der Waals surface area contributed by atoms with E-state index in [9.17, 15) is 8.42 Å². The van der Waals surface area contributed by atoms with Gasteiger partial charge in [-0.3, -0.25) is 4.98 Å². The Balaban J connectivity index is 2.33. The first-order valence-electron chi connectivity index (χ1n) is 6.60. The Morgan fingerprint density at radius 1 is 1.24 bits per heavy atom. The molecule has 0 radical (unpaired) electrons. The van der Waals surface area contributed by atoms with Gasteiger partial charge in [-0.1, -0.05) is 18.2 Å². The molecule has 0 saturated carbocycles. The maximum atomic E-state index is 12.7. The van der Waals surface area contributed by atoms with Gasteiger partial charge >= 0.3 is 0 Å². The molecule has 0 atom stereocenters. The predicted molar refractivity (Wildman–Crippen MR) is 82.0 cm³/mol. The molecular formula is C15H19N3O2S. The molecule has 0 amide bonds. The van der Waals surface area contributed by atoms with Crippen LogP contribution in [0.1, 0.15) is 16.7 Å². The minimum absolute atomic E-state index is 0.280. The zero-order valence-electron chi connectivity index (χ0n) is 12.2. The second-order valence-corrected chi connectivity index (χ2v) is 6.94. The summed E-state index contributed by atoms with van der Waals surface area (Å²) in [5, 5.41) is 0. The van der Waals surface area contributed by atoms with E-state index in [1.807, 2.05) is 12.1 Å². The van der Waals surface area contributed by atoms with Crippen molar-refractivity contribution in [3.8, 4) is 0 Å². The van der Waals surface area contributed by atoms with Crippen LogP contribution in [0, 0.1) is 6.92 Å². The van der Waals surface area contributed by atoms with Crippen LogP contribution in [-0.2, 0) is 23.1 Å². The number of hydrogen-bond acceptors (Lipinski definition) is 4. The number of sulfonamides is 1. The van der Waals surface area contributed by atoms with Crippen molar-refractivity contribution in [3.63, 3.8) is 0 Å². The van der Waals surface area contributed by atoms with Gasteiger partial charge in [-0.2, -0.15) is 4.31 Å². The third-order valence-corrected chi connectivity index (χ3v) is 5.25. The van der Waals surface area contributed by atoms with Crippen LogP contribution in [0.25, 0.3) is 0 Å². The van der Waals surface area contributed by atoms with Crippen LogP contribution in [0.2, 0.25) is 0 Å². The van der Waals surface area contributed by atoms with Gasteiger partial charge in [-0.25, -0.2) is 8.42 Å². The fourth-order valence-corrected chi connectivity index (χ4v) is 3.48. The van der Waals surface area contributed by atoms with E-state index >= 15 is 0 Å². The molecule has 6 heteroatoms. The van der Waals surface area contributed by atoms with Crippen LogP contribution < -0.4 is 5.73 Å². The van der Waals surface area contributed by atoms with Crippen LogP contribution in [0.15, 0.2) is 47.6 Å². The third kappa shape index (κ3) is 3.47. The number of rotatable bonds is 5. The first-order chi connectivity index (χ1) is 9.95. The van der Waals surface area contributed by atoms with Gasteiger partial charge < -0.3 is 5.73 Å². The highest BCUT2D eigenvalue weighted by atomic mass is 32.2. The first-order valence-corrected chi connectivity index (χ1v) is 8.04. The van der Waals surface area contributed by atoms with Crippen molar-refractivity contribution < 1.29 is 8.42 Å². The van der Waals surface area contributed by atoms with Gasteiger partial charge in [0.05, 0.1) is 4.90 Å². The largest absolute Gasteiger partial charge is 0.326 e. The van der Waals surface area contributed by atoms with Gasteiger partial charge in [-0.05, 0) is 35.7 Å². The molecule has 2 rings (SSSR count). The summed E-state index contributed by atoms with van der Waals surface area (Å²) in [6.07, 6.45) is 3.32. The number of hydrogen-bond donors (Lipinski definition) is 1. The molecule has 21 heavy (non-hydrogen) atoms. The lowest BCUT2D eigenvalue weighted by atomic mass is 10.1. The zero-order valence-corrected chi connectivity index (χ0v) is 13.0. The van der Waals surface area contributed by atoms with E-state index < -0.39 is 10.0 Å². The van der Waals surface area contributed by atoms with Crippen molar-refractivity contribution >= 4 is 10.0 Å². The quantitative estimate of drug-likeness (QED) is 0.911. The van der Waals surface area contributed by atoms with E-state index in [0.29, 0.717) is 17.0 Å². The van der Waals surface area contributed by atoms with Gasteiger partial charge in [-0.15, -0.1) is 0 Å². The monoisotopic (exact) mass is 305 g/mol. The normalized spacial score (nSPS) is 11.8. The Morgan fingerprint density at radius 2 is 2.00 bits per heavy atom. The van der Waals surface area contributed by atoms with Crippen LogP contribution in [0.3, 0.4) is 0 Å². The zero-order chi connectivity index (χ0) is 15.5. The Bertz CT molecular complexity index is 715. The molecule has 112 valence electrons. The van der Waals surface area contributed by atoms with Gasteiger partial charge in [0.15, 0.2) is 0 Å². The highest BCUT2D eigenvalue weighted by Crippen LogP contribution is 2.21. The van der Waals surface area contributed by atoms with Crippen molar-refractivity contribution in [2.45, 2.75) is 24.9 Å². The van der Waals surface area contributed by atoms with E-state index in [0.717, 1.165) is 11.1 Å². The van der Waals surface area contributed by atoms with E-state index in [1.165, 1.54) is 4.31 Å². The van der Waals surface area contributed by atoms with Crippen LogP contribution in [0.4, 0.5) is 0 Å². The molecule has 2 N–H and O–H groups in total. The molecule has 2 aromatic rings. The Labute approximate surface area is 125 Å². The Hall–Kier alpha value is -1.76. The average Bonchev–Trinajstić information content (AvgIpc) is 2.48. The second kappa shape index (κ2) is 6.34. The van der Waals surface area contributed by atoms with Gasteiger partial charge in [0, 0.05) is 32.5 Å². The Kier molecular flexibility index (Phi) is 4.72. The minimum Gasteiger partial charge on any atom is -0.326 e. The van der Waals surface area contributed by atoms with Gasteiger partial charge in [0.25, 0.3) is 0 Å². The molecular weight excluding hydrogens is 286 g/mol. The van der Waals surface area contributed by atoms with E-state index in [2.05, 4.69) is 4.98 Å². The van der Waals surface area contributed by atoms with Crippen LogP contribution in [-0.4, -0.2) is 24.8 Å². The summed E-state index contributed by atoms with van der Waals surface area (Å²) in [5.41, 5.74) is 7.95. The van der Waals surface area contributed by atoms with E-state index in [4.69, 9.17) is 5.73 Å². The molecule has 0 saturated heterocycles. The summed E-state index contributed by atoms with van der Waals surface area (Å²) in [4.78, 5) is 4.30. The predicted octanol–water partition coefficient (Wildman–Crippen LogP) is 1.67. The molecule has 0 bridgehead atoms. The van der Waals surface area contributed by atoms with Crippen LogP contribution in [0.5, 0.6) is 0 Å². The van der Waals surface area contributed by atoms with E-state index in [1.54, 1.807) is 44.6 Å². The number of nitrogens with zero attached hydrogens (tertiary/aromatic N) is 2. The molecule has 0 spiro atoms. The number of aromatic nitrogens is 1. The lowest BCUT2D eigenvalue weighted by Gasteiger charge is -2.19. The first kappa shape index (κ1) is 15.6. The topological polar surface area (TPSA) is 76.3 Å². The Morgan fingerprint density at radius 3 is 2.62 bits per heavy atom. The summed E-state index contributed by atoms with van der Waals surface area (Å²) >= 11 is 0. The third-order valence-electron chi connectivity index (χ3n) is 3.30. The van der Waals surface area contributed by atoms with Crippen molar-refractivity contribution in [1.29, 1.82) is 0 Å². The standard InChI is InChI=1S/C15H19N3O2S/c1-12-5-6-13(9-16)8-15(12)21(19,20)18(2)11-14-4-3-7-17-10-14/h3-8,10H,9,11,16H2,1-2H3. The fraction of sp³-hybridized carbons (Fsp3) is 0.267. The lowest BCUT2D eigenvalue weighted by Crippen LogP contribution is -2.27. The highest BCUT2D eigenvalue weighted by Gasteiger charge is 2.23. The molecule has 0 fully saturated rings. The summed E-state index contributed by atoms with van der Waals surface area (Å²) < 4.78 is 26.7. The number of benzene rings is 1. The minimum atomic E-state index is -3.55. The fourth-order valence-electron chi connectivity index (χ4n) is 2.05. The molecule has 0 aliphatic heterocycles. The van der Waals surface area contributed by atoms with E-state index in [-0.39, 0.29) is 6.54 Å². The van der Waals surface area contributed by atoms with Crippen molar-refractivity contribution in [3.05, 3.63) is 59.4 Å². The molecule has 1 heterocycles. The van der Waals surface area contributed by atoms with Crippen LogP contribution >= 0.6 is 0 Å². The maximum Gasteiger partial charge on any atom is 0.243 e. The average molecular weight is 305 g/mol. The van der Waals surface area contributed by atoms with Gasteiger partial charge in [0.1, 0.15) is 0 Å². The summed E-state index contributed by atoms with van der Waals surface area (Å²) in [6.45, 7) is 2.38. The summed E-state index contributed by atoms with van der Waals surface area (Å²) in [7, 11) is -1.98. The number of pyridine rings is 1.